The van der Waals surface area contributed by atoms with E-state index in [0.29, 0.717) is 23.3 Å². The molecule has 0 saturated heterocycles. The third-order valence-corrected chi connectivity index (χ3v) is 5.50. The lowest BCUT2D eigenvalue weighted by Gasteiger charge is -2.16. The van der Waals surface area contributed by atoms with E-state index in [2.05, 4.69) is 33.8 Å². The molecule has 1 heterocycles. The first-order chi connectivity index (χ1) is 15.8. The van der Waals surface area contributed by atoms with E-state index in [4.69, 9.17) is 9.47 Å². The monoisotopic (exact) mass is 456 g/mol. The lowest BCUT2D eigenvalue weighted by Crippen LogP contribution is -2.21. The lowest BCUT2D eigenvalue weighted by molar-refractivity contribution is -0.384. The van der Waals surface area contributed by atoms with Crippen molar-refractivity contribution in [2.75, 3.05) is 13.2 Å². The Kier molecular flexibility index (Phi) is 10.2. The topological polar surface area (TPSA) is 83.6 Å². The first-order valence-electron chi connectivity index (χ1n) is 11.6. The number of allylic oxidation sites excluding steroid dienone is 3. The van der Waals surface area contributed by atoms with Crippen molar-refractivity contribution < 1.29 is 14.4 Å². The molecular formula is C26H36N2O5. The molecule has 1 aromatic heterocycles. The Bertz CT molecular complexity index is 1080. The molecule has 0 fully saturated rings. The minimum absolute atomic E-state index is 0.0771. The quantitative estimate of drug-likeness (QED) is 0.149. The van der Waals surface area contributed by atoms with Crippen LogP contribution >= 0.6 is 0 Å². The molecule has 180 valence electrons. The van der Waals surface area contributed by atoms with Gasteiger partial charge in [-0.15, -0.1) is 0 Å². The Balaban J connectivity index is 2.36. The summed E-state index contributed by atoms with van der Waals surface area (Å²) < 4.78 is 13.4. The highest BCUT2D eigenvalue weighted by molar-refractivity contribution is 5.89. The first-order valence-corrected chi connectivity index (χ1v) is 11.6. The number of nitro benzene ring substituents is 1. The Morgan fingerprint density at radius 1 is 1.09 bits per heavy atom. The lowest BCUT2D eigenvalue weighted by atomic mass is 10.1. The zero-order valence-corrected chi connectivity index (χ0v) is 20.5. The molecule has 0 aliphatic heterocycles. The van der Waals surface area contributed by atoms with Crippen molar-refractivity contribution in [2.24, 2.45) is 7.05 Å². The van der Waals surface area contributed by atoms with E-state index >= 15 is 0 Å². The zero-order chi connectivity index (χ0) is 24.4. The number of non-ortho nitro benzene ring substituents is 1. The number of benzene rings is 1. The SMILES string of the molecule is CCCCCCOc1c(OC/C=C(\C)CCC=C(C)C)c2ccc([N+](=O)[O-])cc2n(C)c1=O. The molecule has 0 N–H and O–H groups in total. The van der Waals surface area contributed by atoms with Crippen LogP contribution in [0.15, 0.2) is 46.3 Å². The van der Waals surface area contributed by atoms with Gasteiger partial charge in [0.2, 0.25) is 5.75 Å². The maximum Gasteiger partial charge on any atom is 0.297 e. The third-order valence-electron chi connectivity index (χ3n) is 5.50. The van der Waals surface area contributed by atoms with E-state index in [1.807, 2.05) is 6.08 Å². The van der Waals surface area contributed by atoms with Gasteiger partial charge in [0.1, 0.15) is 6.61 Å². The summed E-state index contributed by atoms with van der Waals surface area (Å²) in [5.74, 6) is 0.498. The van der Waals surface area contributed by atoms with E-state index in [1.54, 1.807) is 13.1 Å². The summed E-state index contributed by atoms with van der Waals surface area (Å²) in [5, 5.41) is 11.9. The second-order valence-electron chi connectivity index (χ2n) is 8.57. The van der Waals surface area contributed by atoms with Crippen LogP contribution in [0.4, 0.5) is 5.69 Å². The van der Waals surface area contributed by atoms with E-state index in [0.717, 1.165) is 38.5 Å². The minimum atomic E-state index is -0.471. The predicted molar refractivity (Wildman–Crippen MR) is 133 cm³/mol. The summed E-state index contributed by atoms with van der Waals surface area (Å²) >= 11 is 0. The highest BCUT2D eigenvalue weighted by Gasteiger charge is 2.20. The molecule has 0 radical (unpaired) electrons. The summed E-state index contributed by atoms with van der Waals surface area (Å²) in [7, 11) is 1.59. The number of pyridine rings is 1. The molecule has 2 aromatic rings. The van der Waals surface area contributed by atoms with Crippen LogP contribution in [0, 0.1) is 10.1 Å². The molecule has 0 atom stereocenters. The van der Waals surface area contributed by atoms with Gasteiger partial charge in [-0.05, 0) is 52.2 Å². The van der Waals surface area contributed by atoms with Crippen LogP contribution < -0.4 is 15.0 Å². The maximum absolute atomic E-state index is 13.1. The third kappa shape index (κ3) is 7.48. The number of hydrogen-bond acceptors (Lipinski definition) is 5. The van der Waals surface area contributed by atoms with E-state index in [1.165, 1.54) is 27.8 Å². The number of unbranched alkanes of at least 4 members (excludes halogenated alkanes) is 3. The molecule has 0 aliphatic rings. The van der Waals surface area contributed by atoms with Gasteiger partial charge in [0, 0.05) is 24.6 Å². The smallest absolute Gasteiger partial charge is 0.297 e. The summed E-state index contributed by atoms with van der Waals surface area (Å²) in [5.41, 5.74) is 2.48. The molecule has 7 heteroatoms. The summed E-state index contributed by atoms with van der Waals surface area (Å²) in [4.78, 5) is 23.8. The molecule has 2 rings (SSSR count). The van der Waals surface area contributed by atoms with Gasteiger partial charge in [0.25, 0.3) is 11.2 Å². The average Bonchev–Trinajstić information content (AvgIpc) is 2.77. The molecule has 7 nitrogen and oxygen atoms in total. The van der Waals surface area contributed by atoms with Crippen molar-refractivity contribution in [1.82, 2.24) is 4.57 Å². The summed E-state index contributed by atoms with van der Waals surface area (Å²) in [6, 6.07) is 4.44. The van der Waals surface area contributed by atoms with Gasteiger partial charge in [-0.1, -0.05) is 43.4 Å². The Morgan fingerprint density at radius 2 is 1.85 bits per heavy atom. The molecule has 0 saturated carbocycles. The fourth-order valence-electron chi connectivity index (χ4n) is 3.52. The second kappa shape index (κ2) is 12.8. The van der Waals surface area contributed by atoms with Crippen molar-refractivity contribution >= 4 is 16.6 Å². The van der Waals surface area contributed by atoms with Crippen LogP contribution in [0.25, 0.3) is 10.9 Å². The van der Waals surface area contributed by atoms with Crippen molar-refractivity contribution in [3.8, 4) is 11.5 Å². The largest absolute Gasteiger partial charge is 0.485 e. The summed E-state index contributed by atoms with van der Waals surface area (Å²) in [6.07, 6.45) is 10.2. The van der Waals surface area contributed by atoms with Crippen LogP contribution in [-0.4, -0.2) is 22.7 Å². The first kappa shape index (κ1) is 26.2. The van der Waals surface area contributed by atoms with Gasteiger partial charge in [0.05, 0.1) is 17.0 Å². The van der Waals surface area contributed by atoms with Crippen LogP contribution in [0.1, 0.15) is 66.2 Å². The van der Waals surface area contributed by atoms with Gasteiger partial charge in [-0.3, -0.25) is 14.9 Å². The number of ether oxygens (including phenoxy) is 2. The zero-order valence-electron chi connectivity index (χ0n) is 20.5. The van der Waals surface area contributed by atoms with Crippen molar-refractivity contribution in [2.45, 2.75) is 66.2 Å². The second-order valence-corrected chi connectivity index (χ2v) is 8.57. The molecule has 0 bridgehead atoms. The molecular weight excluding hydrogens is 420 g/mol. The highest BCUT2D eigenvalue weighted by atomic mass is 16.6. The average molecular weight is 457 g/mol. The number of aromatic nitrogens is 1. The maximum atomic E-state index is 13.1. The fourth-order valence-corrected chi connectivity index (χ4v) is 3.52. The van der Waals surface area contributed by atoms with Gasteiger partial charge < -0.3 is 14.0 Å². The summed E-state index contributed by atoms with van der Waals surface area (Å²) in [6.45, 7) is 9.06. The van der Waals surface area contributed by atoms with Crippen molar-refractivity contribution in [1.29, 1.82) is 0 Å². The number of nitro groups is 1. The molecule has 0 aliphatic carbocycles. The van der Waals surface area contributed by atoms with Crippen LogP contribution in [0.2, 0.25) is 0 Å². The van der Waals surface area contributed by atoms with Gasteiger partial charge in [-0.25, -0.2) is 0 Å². The fraction of sp³-hybridized carbons (Fsp3) is 0.500. The normalized spacial score (nSPS) is 11.5. The van der Waals surface area contributed by atoms with Crippen LogP contribution in [-0.2, 0) is 7.05 Å². The molecule has 0 spiro atoms. The standard InChI is InChI=1S/C26H36N2O5/c1-6-7-8-9-16-32-25-24(33-17-15-20(4)12-10-11-19(2)3)22-14-13-21(28(30)31)18-23(22)27(5)26(25)29/h11,13-15,18H,6-10,12,16-17H2,1-5H3/b20-15+. The van der Waals surface area contributed by atoms with Gasteiger partial charge in [-0.2, -0.15) is 0 Å². The van der Waals surface area contributed by atoms with Crippen LogP contribution in [0.5, 0.6) is 11.5 Å². The molecule has 0 unspecified atom stereocenters. The van der Waals surface area contributed by atoms with E-state index in [9.17, 15) is 14.9 Å². The molecule has 0 amide bonds. The number of aryl methyl sites for hydroxylation is 1. The molecule has 1 aromatic carbocycles. The Hall–Kier alpha value is -3.09. The Labute approximate surface area is 195 Å². The van der Waals surface area contributed by atoms with E-state index < -0.39 is 4.92 Å². The number of fused-ring (bicyclic) bond motifs is 1. The van der Waals surface area contributed by atoms with Crippen molar-refractivity contribution in [3.63, 3.8) is 0 Å². The number of hydrogen-bond donors (Lipinski definition) is 0. The Morgan fingerprint density at radius 3 is 2.52 bits per heavy atom. The number of rotatable bonds is 13. The van der Waals surface area contributed by atoms with Crippen LogP contribution in [0.3, 0.4) is 0 Å². The minimum Gasteiger partial charge on any atom is -0.485 e. The number of nitrogens with zero attached hydrogens (tertiary/aromatic N) is 2. The highest BCUT2D eigenvalue weighted by Crippen LogP contribution is 2.34. The van der Waals surface area contributed by atoms with Crippen molar-refractivity contribution in [3.05, 3.63) is 62.0 Å². The van der Waals surface area contributed by atoms with Gasteiger partial charge >= 0.3 is 0 Å². The molecule has 33 heavy (non-hydrogen) atoms. The van der Waals surface area contributed by atoms with Gasteiger partial charge in [0.15, 0.2) is 5.75 Å². The predicted octanol–water partition coefficient (Wildman–Crippen LogP) is 6.48. The van der Waals surface area contributed by atoms with E-state index in [-0.39, 0.29) is 23.6 Å².